The van der Waals surface area contributed by atoms with E-state index in [-0.39, 0.29) is 22.9 Å². The van der Waals surface area contributed by atoms with E-state index in [4.69, 9.17) is 0 Å². The van der Waals surface area contributed by atoms with Gasteiger partial charge < -0.3 is 0 Å². The van der Waals surface area contributed by atoms with Crippen LogP contribution in [0, 0.1) is 34.1 Å². The molecule has 0 aliphatic heterocycles. The van der Waals surface area contributed by atoms with Crippen LogP contribution in [0.4, 0.5) is 17.2 Å². The summed E-state index contributed by atoms with van der Waals surface area (Å²) in [6.07, 6.45) is 1.10. The number of aromatic nitrogens is 4. The van der Waals surface area contributed by atoms with Gasteiger partial charge >= 0.3 is 5.69 Å². The molecule has 0 aliphatic rings. The van der Waals surface area contributed by atoms with E-state index in [1.54, 1.807) is 19.9 Å². The molecule has 0 saturated carbocycles. The van der Waals surface area contributed by atoms with Crippen molar-refractivity contribution in [2.24, 2.45) is 0 Å². The number of amides is 1. The number of hydrogen-bond acceptors (Lipinski definition) is 9. The molecule has 0 unspecified atom stereocenters. The van der Waals surface area contributed by atoms with Crippen LogP contribution in [0.15, 0.2) is 36.7 Å². The minimum Gasteiger partial charge on any atom is -0.276 e. The summed E-state index contributed by atoms with van der Waals surface area (Å²) < 4.78 is 1.30. The lowest BCUT2D eigenvalue weighted by atomic mass is 10.2. The van der Waals surface area contributed by atoms with Crippen molar-refractivity contribution in [3.8, 4) is 5.82 Å². The van der Waals surface area contributed by atoms with Gasteiger partial charge in [0, 0.05) is 23.4 Å². The molecule has 1 aromatic carbocycles. The van der Waals surface area contributed by atoms with Crippen molar-refractivity contribution in [3.63, 3.8) is 0 Å². The second kappa shape index (κ2) is 7.67. The molecule has 0 spiro atoms. The number of benzene rings is 1. The van der Waals surface area contributed by atoms with Crippen molar-refractivity contribution < 1.29 is 14.6 Å². The zero-order chi connectivity index (χ0) is 21.1. The first-order chi connectivity index (χ1) is 13.8. The van der Waals surface area contributed by atoms with Crippen molar-refractivity contribution in [2.75, 3.05) is 5.43 Å². The summed E-state index contributed by atoms with van der Waals surface area (Å²) in [5.41, 5.74) is 5.41. The predicted molar refractivity (Wildman–Crippen MR) is 99.5 cm³/mol. The summed E-state index contributed by atoms with van der Waals surface area (Å²) >= 11 is 0. The lowest BCUT2D eigenvalue weighted by Gasteiger charge is -2.10. The number of nitrogens with one attached hydrogen (secondary N) is 2. The third kappa shape index (κ3) is 3.97. The Labute approximate surface area is 162 Å². The van der Waals surface area contributed by atoms with E-state index < -0.39 is 21.4 Å². The topological polar surface area (TPSA) is 171 Å². The molecule has 29 heavy (non-hydrogen) atoms. The van der Waals surface area contributed by atoms with E-state index in [0.29, 0.717) is 11.4 Å². The minimum absolute atomic E-state index is 0.0670. The number of carbonyl (C=O) groups is 1. The number of non-ortho nitro benzene ring substituents is 1. The number of nitro groups is 2. The normalized spacial score (nSPS) is 10.4. The number of nitrogens with zero attached hydrogens (tertiary/aromatic N) is 6. The molecule has 3 aromatic rings. The number of carbonyl (C=O) groups excluding carboxylic acids is 1. The van der Waals surface area contributed by atoms with Crippen LogP contribution in [0.5, 0.6) is 0 Å². The van der Waals surface area contributed by atoms with Crippen LogP contribution >= 0.6 is 0 Å². The van der Waals surface area contributed by atoms with E-state index in [2.05, 4.69) is 25.9 Å². The number of rotatable bonds is 6. The highest BCUT2D eigenvalue weighted by atomic mass is 16.6. The van der Waals surface area contributed by atoms with Crippen LogP contribution in [-0.2, 0) is 0 Å². The highest BCUT2D eigenvalue weighted by molar-refractivity contribution is 5.95. The third-order valence-corrected chi connectivity index (χ3v) is 3.83. The lowest BCUT2D eigenvalue weighted by Crippen LogP contribution is -2.30. The van der Waals surface area contributed by atoms with Crippen molar-refractivity contribution in [3.05, 3.63) is 73.8 Å². The van der Waals surface area contributed by atoms with Crippen LogP contribution in [-0.4, -0.2) is 35.5 Å². The number of nitro benzene ring substituents is 1. The van der Waals surface area contributed by atoms with E-state index >= 15 is 0 Å². The molecule has 1 amide bonds. The van der Waals surface area contributed by atoms with Crippen molar-refractivity contribution in [2.45, 2.75) is 13.8 Å². The number of anilines is 1. The SMILES string of the molecule is Cc1cc(C)n(-c2ncnc(NNC(=O)c3ccc([N+](=O)[O-])cc3)c2[N+](=O)[O-])n1. The molecule has 2 heterocycles. The molecule has 13 heteroatoms. The van der Waals surface area contributed by atoms with E-state index in [9.17, 15) is 25.0 Å². The average Bonchev–Trinajstić information content (AvgIpc) is 3.03. The van der Waals surface area contributed by atoms with Gasteiger partial charge in [0.15, 0.2) is 0 Å². The monoisotopic (exact) mass is 398 g/mol. The third-order valence-electron chi connectivity index (χ3n) is 3.83. The van der Waals surface area contributed by atoms with E-state index in [0.717, 1.165) is 6.33 Å². The fourth-order valence-corrected chi connectivity index (χ4v) is 2.55. The number of hydrogen-bond donors (Lipinski definition) is 2. The molecular formula is C16H14N8O5. The second-order valence-electron chi connectivity index (χ2n) is 5.87. The molecule has 148 valence electrons. The first kappa shape index (κ1) is 19.3. The second-order valence-corrected chi connectivity index (χ2v) is 5.87. The number of aryl methyl sites for hydroxylation is 2. The van der Waals surface area contributed by atoms with Gasteiger partial charge in [-0.1, -0.05) is 0 Å². The van der Waals surface area contributed by atoms with Crippen molar-refractivity contribution >= 4 is 23.1 Å². The lowest BCUT2D eigenvalue weighted by molar-refractivity contribution is -0.384. The van der Waals surface area contributed by atoms with Crippen LogP contribution in [0.25, 0.3) is 5.82 Å². The molecule has 2 aromatic heterocycles. The zero-order valence-corrected chi connectivity index (χ0v) is 15.2. The maximum Gasteiger partial charge on any atom is 0.357 e. The summed E-state index contributed by atoms with van der Waals surface area (Å²) in [6.45, 7) is 3.45. The molecule has 3 rings (SSSR count). The predicted octanol–water partition coefficient (Wildman–Crippen LogP) is 1.85. The molecule has 0 bridgehead atoms. The van der Waals surface area contributed by atoms with Gasteiger partial charge in [-0.15, -0.1) is 0 Å². The zero-order valence-electron chi connectivity index (χ0n) is 15.2. The smallest absolute Gasteiger partial charge is 0.276 e. The summed E-state index contributed by atoms with van der Waals surface area (Å²) in [6, 6.07) is 6.58. The molecule has 0 fully saturated rings. The Morgan fingerprint density at radius 3 is 2.31 bits per heavy atom. The van der Waals surface area contributed by atoms with Gasteiger partial charge in [0.1, 0.15) is 6.33 Å². The molecule has 13 nitrogen and oxygen atoms in total. The Balaban J connectivity index is 1.86. The summed E-state index contributed by atoms with van der Waals surface area (Å²) in [5, 5.41) is 26.5. The van der Waals surface area contributed by atoms with Crippen LogP contribution in [0.1, 0.15) is 21.7 Å². The van der Waals surface area contributed by atoms with Gasteiger partial charge in [-0.25, -0.2) is 14.6 Å². The largest absolute Gasteiger partial charge is 0.357 e. The Morgan fingerprint density at radius 2 is 1.76 bits per heavy atom. The molecule has 0 atom stereocenters. The van der Waals surface area contributed by atoms with Crippen molar-refractivity contribution in [1.82, 2.24) is 25.2 Å². The fraction of sp³-hybridized carbons (Fsp3) is 0.125. The standard InChI is InChI=1S/C16H14N8O5/c1-9-7-10(2)22(21-9)15-13(24(28)29)14(17-8-18-15)19-20-16(25)11-3-5-12(6-4-11)23(26)27/h3-8H,1-2H3,(H,20,25)(H,17,18,19). The van der Waals surface area contributed by atoms with Crippen molar-refractivity contribution in [1.29, 1.82) is 0 Å². The van der Waals surface area contributed by atoms with E-state index in [1.165, 1.54) is 28.9 Å². The first-order valence-corrected chi connectivity index (χ1v) is 8.11. The number of hydrazine groups is 1. The Morgan fingerprint density at radius 1 is 1.07 bits per heavy atom. The fourth-order valence-electron chi connectivity index (χ4n) is 2.55. The first-order valence-electron chi connectivity index (χ1n) is 8.11. The van der Waals surface area contributed by atoms with E-state index in [1.807, 2.05) is 0 Å². The van der Waals surface area contributed by atoms with Crippen LogP contribution in [0.3, 0.4) is 0 Å². The van der Waals surface area contributed by atoms with Gasteiger partial charge in [0.25, 0.3) is 11.6 Å². The minimum atomic E-state index is -0.688. The van der Waals surface area contributed by atoms with Gasteiger partial charge in [0.05, 0.1) is 15.5 Å². The Kier molecular flexibility index (Phi) is 5.12. The summed E-state index contributed by atoms with van der Waals surface area (Å²) in [5.74, 6) is -0.981. The molecule has 0 saturated heterocycles. The molecule has 0 aliphatic carbocycles. The van der Waals surface area contributed by atoms with Crippen LogP contribution in [0.2, 0.25) is 0 Å². The van der Waals surface area contributed by atoms with Crippen LogP contribution < -0.4 is 10.9 Å². The quantitative estimate of drug-likeness (QED) is 0.464. The molecule has 2 N–H and O–H groups in total. The summed E-state index contributed by atoms with van der Waals surface area (Å²) in [4.78, 5) is 41.0. The van der Waals surface area contributed by atoms with Gasteiger partial charge in [0.2, 0.25) is 11.6 Å². The summed E-state index contributed by atoms with van der Waals surface area (Å²) in [7, 11) is 0. The highest BCUT2D eigenvalue weighted by Crippen LogP contribution is 2.28. The maximum atomic E-state index is 12.2. The highest BCUT2D eigenvalue weighted by Gasteiger charge is 2.26. The molecular weight excluding hydrogens is 384 g/mol. The average molecular weight is 398 g/mol. The van der Waals surface area contributed by atoms with Gasteiger partial charge in [-0.3, -0.25) is 35.9 Å². The van der Waals surface area contributed by atoms with Gasteiger partial charge in [-0.05, 0) is 32.0 Å². The van der Waals surface area contributed by atoms with Gasteiger partial charge in [-0.2, -0.15) is 5.10 Å². The Bertz CT molecular complexity index is 1110. The maximum absolute atomic E-state index is 12.2. The Hall–Kier alpha value is -4.42. The molecule has 0 radical (unpaired) electrons.